The molecule has 2 N–H and O–H groups in total. The van der Waals surface area contributed by atoms with Crippen LogP contribution in [-0.4, -0.2) is 33.9 Å². The summed E-state index contributed by atoms with van der Waals surface area (Å²) in [6.45, 7) is 5.97. The predicted molar refractivity (Wildman–Crippen MR) is 106 cm³/mol. The Kier molecular flexibility index (Phi) is 5.04. The molecule has 2 aromatic carbocycles. The number of carbonyl (C=O) groups excluding carboxylic acids is 1. The number of hydrogen-bond donors (Lipinski definition) is 2. The van der Waals surface area contributed by atoms with Crippen molar-refractivity contribution in [2.75, 3.05) is 7.05 Å². The molecule has 1 heterocycles. The van der Waals surface area contributed by atoms with Gasteiger partial charge in [-0.15, -0.1) is 0 Å². The summed E-state index contributed by atoms with van der Waals surface area (Å²) >= 11 is 0. The summed E-state index contributed by atoms with van der Waals surface area (Å²) in [5, 5.41) is 10.4. The summed E-state index contributed by atoms with van der Waals surface area (Å²) in [4.78, 5) is 29.4. The van der Waals surface area contributed by atoms with Gasteiger partial charge in [-0.2, -0.15) is 0 Å². The lowest BCUT2D eigenvalue weighted by atomic mass is 10.0. The van der Waals surface area contributed by atoms with Crippen molar-refractivity contribution in [2.24, 2.45) is 0 Å². The lowest BCUT2D eigenvalue weighted by Gasteiger charge is -2.27. The molecule has 140 valence electrons. The molecule has 5 nitrogen and oxygen atoms in total. The molecule has 1 aromatic heterocycles. The van der Waals surface area contributed by atoms with Crippen LogP contribution in [0.1, 0.15) is 45.2 Å². The van der Waals surface area contributed by atoms with Crippen molar-refractivity contribution in [3.8, 4) is 0 Å². The highest BCUT2D eigenvalue weighted by Gasteiger charge is 2.27. The molecule has 0 aliphatic carbocycles. The number of aromatic amines is 1. The number of carbonyl (C=O) groups is 2. The van der Waals surface area contributed by atoms with Crippen LogP contribution in [0.2, 0.25) is 0 Å². The van der Waals surface area contributed by atoms with E-state index in [1.54, 1.807) is 7.05 Å². The van der Waals surface area contributed by atoms with Crippen molar-refractivity contribution in [3.63, 3.8) is 0 Å². The molecule has 5 heteroatoms. The number of nitrogens with one attached hydrogen (secondary N) is 1. The summed E-state index contributed by atoms with van der Waals surface area (Å²) in [6, 6.07) is 12.9. The Morgan fingerprint density at radius 1 is 1.11 bits per heavy atom. The number of nitrogens with zero attached hydrogens (tertiary/aromatic N) is 1. The van der Waals surface area contributed by atoms with Gasteiger partial charge >= 0.3 is 5.97 Å². The van der Waals surface area contributed by atoms with Crippen molar-refractivity contribution in [1.82, 2.24) is 9.88 Å². The number of amides is 1. The molecule has 0 spiro atoms. The number of fused-ring (bicyclic) bond motifs is 1. The van der Waals surface area contributed by atoms with Gasteiger partial charge in [0.15, 0.2) is 0 Å². The Morgan fingerprint density at radius 2 is 1.78 bits per heavy atom. The zero-order chi connectivity index (χ0) is 19.7. The van der Waals surface area contributed by atoms with Crippen LogP contribution in [0.15, 0.2) is 42.5 Å². The summed E-state index contributed by atoms with van der Waals surface area (Å²) < 4.78 is 0. The molecule has 27 heavy (non-hydrogen) atoms. The molecule has 3 aromatic rings. The fraction of sp³-hybridized carbons (Fsp3) is 0.273. The van der Waals surface area contributed by atoms with Crippen LogP contribution in [0.5, 0.6) is 0 Å². The van der Waals surface area contributed by atoms with Gasteiger partial charge in [-0.05, 0) is 43.5 Å². The second-order valence-corrected chi connectivity index (χ2v) is 7.07. The minimum Gasteiger partial charge on any atom is -0.481 e. The summed E-state index contributed by atoms with van der Waals surface area (Å²) in [7, 11) is 1.66. The average Bonchev–Trinajstić information content (AvgIpc) is 2.96. The fourth-order valence-corrected chi connectivity index (χ4v) is 3.63. The molecule has 0 unspecified atom stereocenters. The molecule has 0 saturated carbocycles. The average molecular weight is 364 g/mol. The maximum Gasteiger partial charge on any atom is 0.305 e. The van der Waals surface area contributed by atoms with Gasteiger partial charge in [0.1, 0.15) is 5.69 Å². The van der Waals surface area contributed by atoms with Crippen molar-refractivity contribution in [2.45, 2.75) is 33.2 Å². The SMILES string of the molecule is Cc1cc(C)c2[nH]c(C(=O)N(C)[C@@H](CC(=O)O)c3ccccc3)c(C)c2c1. The minimum absolute atomic E-state index is 0.149. The van der Waals surface area contributed by atoms with Gasteiger partial charge in [-0.3, -0.25) is 9.59 Å². The molecule has 0 aliphatic rings. The fourth-order valence-electron chi connectivity index (χ4n) is 3.63. The number of carboxylic acids is 1. The number of H-pyrrole nitrogens is 1. The largest absolute Gasteiger partial charge is 0.481 e. The second-order valence-electron chi connectivity index (χ2n) is 7.07. The van der Waals surface area contributed by atoms with Crippen LogP contribution in [0.3, 0.4) is 0 Å². The number of rotatable bonds is 5. The summed E-state index contributed by atoms with van der Waals surface area (Å²) in [5.41, 5.74) is 5.37. The molecular formula is C22H24N2O3. The molecule has 0 fully saturated rings. The number of aryl methyl sites for hydroxylation is 3. The quantitative estimate of drug-likeness (QED) is 0.705. The first-order valence-corrected chi connectivity index (χ1v) is 8.93. The highest BCUT2D eigenvalue weighted by atomic mass is 16.4. The van der Waals surface area contributed by atoms with E-state index in [1.807, 2.05) is 51.1 Å². The van der Waals surface area contributed by atoms with E-state index in [1.165, 1.54) is 4.90 Å². The molecule has 0 aliphatic heterocycles. The Balaban J connectivity index is 2.03. The highest BCUT2D eigenvalue weighted by Crippen LogP contribution is 2.29. The van der Waals surface area contributed by atoms with Crippen LogP contribution in [0.4, 0.5) is 0 Å². The molecule has 0 bridgehead atoms. The van der Waals surface area contributed by atoms with Crippen LogP contribution < -0.4 is 0 Å². The van der Waals surface area contributed by atoms with Crippen molar-refractivity contribution < 1.29 is 14.7 Å². The van der Waals surface area contributed by atoms with Gasteiger partial charge in [0.2, 0.25) is 0 Å². The summed E-state index contributed by atoms with van der Waals surface area (Å²) in [5.74, 6) is -1.15. The van der Waals surface area contributed by atoms with Gasteiger partial charge < -0.3 is 15.0 Å². The molecule has 1 amide bonds. The predicted octanol–water partition coefficient (Wildman–Crippen LogP) is 4.38. The molecule has 0 saturated heterocycles. The topological polar surface area (TPSA) is 73.4 Å². The lowest BCUT2D eigenvalue weighted by Crippen LogP contribution is -2.33. The number of carboxylic acid groups (broad SMARTS) is 1. The van der Waals surface area contributed by atoms with E-state index < -0.39 is 12.0 Å². The Labute approximate surface area is 158 Å². The van der Waals surface area contributed by atoms with E-state index in [2.05, 4.69) is 17.1 Å². The van der Waals surface area contributed by atoms with Gasteiger partial charge in [0.25, 0.3) is 5.91 Å². The molecule has 0 radical (unpaired) electrons. The molecule has 1 atom stereocenters. The van der Waals surface area contributed by atoms with E-state index >= 15 is 0 Å². The first-order chi connectivity index (χ1) is 12.8. The molecule has 3 rings (SSSR count). The van der Waals surface area contributed by atoms with Crippen LogP contribution >= 0.6 is 0 Å². The van der Waals surface area contributed by atoms with Gasteiger partial charge in [-0.1, -0.05) is 42.0 Å². The van der Waals surface area contributed by atoms with E-state index in [0.717, 1.165) is 33.2 Å². The van der Waals surface area contributed by atoms with Crippen LogP contribution in [0.25, 0.3) is 10.9 Å². The number of aliphatic carboxylic acids is 1. The number of aromatic nitrogens is 1. The maximum atomic E-state index is 13.2. The van der Waals surface area contributed by atoms with E-state index in [4.69, 9.17) is 0 Å². The molecular weight excluding hydrogens is 340 g/mol. The Bertz CT molecular complexity index is 1010. The smallest absolute Gasteiger partial charge is 0.305 e. The Hall–Kier alpha value is -3.08. The minimum atomic E-state index is -0.941. The van der Waals surface area contributed by atoms with E-state index in [-0.39, 0.29) is 12.3 Å². The van der Waals surface area contributed by atoms with Crippen molar-refractivity contribution in [3.05, 3.63) is 70.4 Å². The van der Waals surface area contributed by atoms with Gasteiger partial charge in [0.05, 0.1) is 12.5 Å². The van der Waals surface area contributed by atoms with Crippen LogP contribution in [-0.2, 0) is 4.79 Å². The van der Waals surface area contributed by atoms with E-state index in [0.29, 0.717) is 5.69 Å². The number of hydrogen-bond acceptors (Lipinski definition) is 2. The third-order valence-corrected chi connectivity index (χ3v) is 5.06. The van der Waals surface area contributed by atoms with E-state index in [9.17, 15) is 14.7 Å². The first-order valence-electron chi connectivity index (χ1n) is 8.93. The summed E-state index contributed by atoms with van der Waals surface area (Å²) in [6.07, 6.45) is -0.149. The standard InChI is InChI=1S/C22H24N2O3/c1-13-10-14(2)20-17(11-13)15(3)21(23-20)22(27)24(4)18(12-19(25)26)16-8-6-5-7-9-16/h5-11,18,23H,12H2,1-4H3,(H,25,26)/t18-/m0/s1. The van der Waals surface area contributed by atoms with Crippen molar-refractivity contribution >= 4 is 22.8 Å². The monoisotopic (exact) mass is 364 g/mol. The number of benzene rings is 2. The highest BCUT2D eigenvalue weighted by molar-refractivity contribution is 6.02. The van der Waals surface area contributed by atoms with Crippen LogP contribution in [0, 0.1) is 20.8 Å². The maximum absolute atomic E-state index is 13.2. The zero-order valence-electron chi connectivity index (χ0n) is 16.0. The van der Waals surface area contributed by atoms with Gasteiger partial charge in [-0.25, -0.2) is 0 Å². The Morgan fingerprint density at radius 3 is 2.41 bits per heavy atom. The normalized spacial score (nSPS) is 12.1. The van der Waals surface area contributed by atoms with Crippen molar-refractivity contribution in [1.29, 1.82) is 0 Å². The lowest BCUT2D eigenvalue weighted by molar-refractivity contribution is -0.138. The third-order valence-electron chi connectivity index (χ3n) is 5.06. The zero-order valence-corrected chi connectivity index (χ0v) is 16.0. The second kappa shape index (κ2) is 7.27. The first kappa shape index (κ1) is 18.7. The third kappa shape index (κ3) is 3.58. The van der Waals surface area contributed by atoms with Gasteiger partial charge in [0, 0.05) is 18.0 Å².